The summed E-state index contributed by atoms with van der Waals surface area (Å²) in [5.41, 5.74) is 0.0401. The molecule has 0 atom stereocenters. The van der Waals surface area contributed by atoms with E-state index in [0.717, 1.165) is 0 Å². The number of hydrogen-bond acceptors (Lipinski definition) is 2. The van der Waals surface area contributed by atoms with Gasteiger partial charge in [0, 0.05) is 0 Å². The summed E-state index contributed by atoms with van der Waals surface area (Å²) in [6, 6.07) is 0. The SMILES string of the molecule is CC(C)(C)COC(=O)S. The Balaban J connectivity index is 3.39. The van der Waals surface area contributed by atoms with Gasteiger partial charge in [0.25, 0.3) is 0 Å². The molecule has 0 aromatic carbocycles. The van der Waals surface area contributed by atoms with Crippen LogP contribution in [0.15, 0.2) is 0 Å². The van der Waals surface area contributed by atoms with Crippen LogP contribution in [0.1, 0.15) is 20.8 Å². The van der Waals surface area contributed by atoms with Crippen LogP contribution in [-0.2, 0) is 4.74 Å². The first kappa shape index (κ1) is 8.82. The molecule has 54 valence electrons. The van der Waals surface area contributed by atoms with E-state index >= 15 is 0 Å². The molecule has 0 saturated heterocycles. The molecule has 0 aliphatic rings. The lowest BCUT2D eigenvalue weighted by molar-refractivity contribution is 0.130. The Morgan fingerprint density at radius 2 is 2.00 bits per heavy atom. The van der Waals surface area contributed by atoms with E-state index in [1.54, 1.807) is 0 Å². The fraction of sp³-hybridized carbons (Fsp3) is 0.833. The van der Waals surface area contributed by atoms with E-state index in [1.807, 2.05) is 20.8 Å². The van der Waals surface area contributed by atoms with E-state index in [1.165, 1.54) is 0 Å². The van der Waals surface area contributed by atoms with Crippen molar-refractivity contribution in [1.82, 2.24) is 0 Å². The first-order valence-corrected chi connectivity index (χ1v) is 3.22. The Morgan fingerprint density at radius 1 is 1.56 bits per heavy atom. The number of carbonyl (C=O) groups is 1. The Bertz CT molecular complexity index is 104. The highest BCUT2D eigenvalue weighted by Gasteiger charge is 2.11. The normalized spacial score (nSPS) is 11.1. The maximum Gasteiger partial charge on any atom is 0.364 e. The summed E-state index contributed by atoms with van der Waals surface area (Å²) in [6.45, 7) is 6.40. The monoisotopic (exact) mass is 148 g/mol. The van der Waals surface area contributed by atoms with Gasteiger partial charge in [0.05, 0.1) is 6.61 Å². The predicted molar refractivity (Wildman–Crippen MR) is 39.8 cm³/mol. The largest absolute Gasteiger partial charge is 0.457 e. The van der Waals surface area contributed by atoms with E-state index < -0.39 is 5.30 Å². The van der Waals surface area contributed by atoms with Gasteiger partial charge in [-0.25, -0.2) is 4.79 Å². The van der Waals surface area contributed by atoms with Crippen LogP contribution in [0.3, 0.4) is 0 Å². The van der Waals surface area contributed by atoms with Gasteiger partial charge >= 0.3 is 5.30 Å². The summed E-state index contributed by atoms with van der Waals surface area (Å²) < 4.78 is 4.63. The summed E-state index contributed by atoms with van der Waals surface area (Å²) in [4.78, 5) is 10.1. The molecular weight excluding hydrogens is 136 g/mol. The third-order valence-electron chi connectivity index (χ3n) is 0.629. The van der Waals surface area contributed by atoms with Gasteiger partial charge in [0.15, 0.2) is 0 Å². The van der Waals surface area contributed by atoms with Crippen molar-refractivity contribution in [3.8, 4) is 0 Å². The Kier molecular flexibility index (Phi) is 3.04. The molecule has 0 heterocycles. The summed E-state index contributed by atoms with van der Waals surface area (Å²) in [5.74, 6) is 0. The van der Waals surface area contributed by atoms with Crippen molar-refractivity contribution in [2.24, 2.45) is 5.41 Å². The molecule has 0 rings (SSSR count). The number of thiol groups is 1. The second-order valence-corrected chi connectivity index (χ2v) is 3.48. The number of carbonyl (C=O) groups excluding carboxylic acids is 1. The molecule has 0 aliphatic carbocycles. The molecule has 2 nitrogen and oxygen atoms in total. The summed E-state index contributed by atoms with van der Waals surface area (Å²) in [6.07, 6.45) is 0. The molecule has 3 heteroatoms. The van der Waals surface area contributed by atoms with Crippen LogP contribution in [0.5, 0.6) is 0 Å². The summed E-state index contributed by atoms with van der Waals surface area (Å²) in [7, 11) is 0. The first-order chi connectivity index (χ1) is 3.92. The average Bonchev–Trinajstić information content (AvgIpc) is 1.59. The van der Waals surface area contributed by atoms with E-state index in [0.29, 0.717) is 6.61 Å². The minimum Gasteiger partial charge on any atom is -0.457 e. The number of hydrogen-bond donors (Lipinski definition) is 1. The van der Waals surface area contributed by atoms with E-state index in [-0.39, 0.29) is 5.41 Å². The van der Waals surface area contributed by atoms with Crippen molar-refractivity contribution >= 4 is 17.9 Å². The van der Waals surface area contributed by atoms with Gasteiger partial charge in [-0.2, -0.15) is 0 Å². The second kappa shape index (κ2) is 3.11. The van der Waals surface area contributed by atoms with E-state index in [4.69, 9.17) is 0 Å². The molecule has 0 bridgehead atoms. The van der Waals surface area contributed by atoms with Crippen molar-refractivity contribution in [3.63, 3.8) is 0 Å². The zero-order valence-corrected chi connectivity index (χ0v) is 6.87. The van der Waals surface area contributed by atoms with Crippen LogP contribution in [0.4, 0.5) is 4.79 Å². The minimum atomic E-state index is -0.509. The number of ether oxygens (including phenoxy) is 1. The topological polar surface area (TPSA) is 26.3 Å². The molecule has 9 heavy (non-hydrogen) atoms. The van der Waals surface area contributed by atoms with Crippen molar-refractivity contribution in [2.75, 3.05) is 6.61 Å². The van der Waals surface area contributed by atoms with Crippen LogP contribution in [-0.4, -0.2) is 11.9 Å². The maximum atomic E-state index is 10.1. The van der Waals surface area contributed by atoms with E-state index in [2.05, 4.69) is 17.4 Å². The summed E-state index contributed by atoms with van der Waals surface area (Å²) in [5, 5.41) is -0.509. The van der Waals surface area contributed by atoms with Gasteiger partial charge in [-0.1, -0.05) is 33.4 Å². The fourth-order valence-corrected chi connectivity index (χ4v) is 0.343. The van der Waals surface area contributed by atoms with Crippen molar-refractivity contribution in [1.29, 1.82) is 0 Å². The lowest BCUT2D eigenvalue weighted by atomic mass is 9.99. The van der Waals surface area contributed by atoms with Crippen molar-refractivity contribution < 1.29 is 9.53 Å². The smallest absolute Gasteiger partial charge is 0.364 e. The van der Waals surface area contributed by atoms with Gasteiger partial charge < -0.3 is 4.74 Å². The third-order valence-corrected chi connectivity index (χ3v) is 0.758. The third kappa shape index (κ3) is 7.82. The second-order valence-electron chi connectivity index (χ2n) is 3.12. The van der Waals surface area contributed by atoms with Gasteiger partial charge in [0.1, 0.15) is 0 Å². The molecule has 0 fully saturated rings. The highest BCUT2D eigenvalue weighted by atomic mass is 32.1. The highest BCUT2D eigenvalue weighted by Crippen LogP contribution is 2.13. The fourth-order valence-electron chi connectivity index (χ4n) is 0.278. The lowest BCUT2D eigenvalue weighted by Gasteiger charge is -2.16. The standard InChI is InChI=1S/C6H12O2S/c1-6(2,3)4-8-5(7)9/h4H2,1-3H3,(H,7,9). The predicted octanol–water partition coefficient (Wildman–Crippen LogP) is 2.10. The van der Waals surface area contributed by atoms with Gasteiger partial charge in [-0.05, 0) is 5.41 Å². The Morgan fingerprint density at radius 3 is 2.11 bits per heavy atom. The van der Waals surface area contributed by atoms with Crippen molar-refractivity contribution in [2.45, 2.75) is 20.8 Å². The van der Waals surface area contributed by atoms with Crippen molar-refractivity contribution in [3.05, 3.63) is 0 Å². The van der Waals surface area contributed by atoms with Crippen LogP contribution in [0, 0.1) is 5.41 Å². The molecule has 0 aromatic heterocycles. The van der Waals surface area contributed by atoms with Crippen LogP contribution in [0.25, 0.3) is 0 Å². The van der Waals surface area contributed by atoms with Gasteiger partial charge in [-0.15, -0.1) is 0 Å². The Labute approximate surface area is 61.0 Å². The molecule has 0 spiro atoms. The zero-order valence-electron chi connectivity index (χ0n) is 5.97. The molecule has 0 radical (unpaired) electrons. The van der Waals surface area contributed by atoms with E-state index in [9.17, 15) is 4.79 Å². The highest BCUT2D eigenvalue weighted by molar-refractivity contribution is 7.96. The van der Waals surface area contributed by atoms with Crippen LogP contribution in [0.2, 0.25) is 0 Å². The molecule has 0 saturated carbocycles. The Hall–Kier alpha value is -0.180. The number of rotatable bonds is 1. The zero-order chi connectivity index (χ0) is 7.49. The lowest BCUT2D eigenvalue weighted by Crippen LogP contribution is -2.15. The quantitative estimate of drug-likeness (QED) is 0.455. The van der Waals surface area contributed by atoms with Gasteiger partial charge in [0.2, 0.25) is 0 Å². The van der Waals surface area contributed by atoms with Crippen LogP contribution < -0.4 is 0 Å². The molecular formula is C6H12O2S. The minimum absolute atomic E-state index is 0.0401. The molecule has 0 amide bonds. The molecule has 0 aliphatic heterocycles. The molecule has 0 aromatic rings. The van der Waals surface area contributed by atoms with Crippen LogP contribution >= 0.6 is 12.6 Å². The molecule has 0 N–H and O–H groups in total. The first-order valence-electron chi connectivity index (χ1n) is 2.77. The average molecular weight is 148 g/mol. The summed E-state index contributed by atoms with van der Waals surface area (Å²) >= 11 is 3.45. The molecule has 0 unspecified atom stereocenters. The maximum absolute atomic E-state index is 10.1. The van der Waals surface area contributed by atoms with Gasteiger partial charge in [-0.3, -0.25) is 0 Å².